The largest absolute Gasteiger partial charge is 0.445 e. The van der Waals surface area contributed by atoms with Crippen molar-refractivity contribution in [1.29, 1.82) is 0 Å². The lowest BCUT2D eigenvalue weighted by Crippen LogP contribution is -2.07. The number of hydrogen-bond donors (Lipinski definition) is 0. The molecule has 19 heavy (non-hydrogen) atoms. The molecule has 0 unspecified atom stereocenters. The van der Waals surface area contributed by atoms with Crippen LogP contribution in [0.2, 0.25) is 0 Å². The molecule has 0 spiro atoms. The summed E-state index contributed by atoms with van der Waals surface area (Å²) in [6.07, 6.45) is 7.18. The molecule has 0 heterocycles. The van der Waals surface area contributed by atoms with Crippen molar-refractivity contribution in [1.82, 2.24) is 0 Å². The van der Waals surface area contributed by atoms with Gasteiger partial charge in [0.2, 0.25) is 0 Å². The van der Waals surface area contributed by atoms with Crippen LogP contribution in [0.25, 0.3) is 0 Å². The summed E-state index contributed by atoms with van der Waals surface area (Å²) in [6.45, 7) is 4.36. The molecule has 0 aliphatic heterocycles. The Morgan fingerprint density at radius 2 is 1.63 bits per heavy atom. The summed E-state index contributed by atoms with van der Waals surface area (Å²) in [4.78, 5) is 11.9. The fourth-order valence-corrected chi connectivity index (χ4v) is 3.91. The van der Waals surface area contributed by atoms with E-state index < -0.39 is 8.15 Å². The monoisotopic (exact) mass is 280 g/mol. The number of carbonyl (C=O) groups is 1. The Hall–Kier alpha value is -0.880. The summed E-state index contributed by atoms with van der Waals surface area (Å²) >= 11 is 0. The van der Waals surface area contributed by atoms with Gasteiger partial charge in [-0.2, -0.15) is 0 Å². The first kappa shape index (κ1) is 16.2. The predicted molar refractivity (Wildman–Crippen MR) is 82.7 cm³/mol. The van der Waals surface area contributed by atoms with Gasteiger partial charge in [-0.05, 0) is 18.4 Å². The quantitative estimate of drug-likeness (QED) is 0.609. The number of hydrogen-bond acceptors (Lipinski definition) is 2. The molecule has 0 amide bonds. The smallest absolute Gasteiger partial charge is 0.312 e. The van der Waals surface area contributed by atoms with Gasteiger partial charge in [0.15, 0.2) is 0 Å². The maximum absolute atomic E-state index is 11.9. The highest BCUT2D eigenvalue weighted by atomic mass is 31.1. The van der Waals surface area contributed by atoms with Gasteiger partial charge in [0.05, 0.1) is 14.6 Å². The number of benzene rings is 1. The Morgan fingerprint density at radius 1 is 1.05 bits per heavy atom. The highest BCUT2D eigenvalue weighted by Crippen LogP contribution is 2.39. The third-order valence-electron chi connectivity index (χ3n) is 2.94. The Balaban J connectivity index is 2.41. The molecule has 106 valence electrons. The van der Waals surface area contributed by atoms with Gasteiger partial charge >= 0.3 is 5.97 Å². The van der Waals surface area contributed by atoms with E-state index in [2.05, 4.69) is 13.8 Å². The first-order valence-corrected chi connectivity index (χ1v) is 8.89. The third-order valence-corrected chi connectivity index (χ3v) is 5.04. The van der Waals surface area contributed by atoms with E-state index in [0.29, 0.717) is 6.42 Å². The fraction of sp³-hybridized carbons (Fsp3) is 0.562. The zero-order chi connectivity index (χ0) is 13.9. The Morgan fingerprint density at radius 3 is 2.16 bits per heavy atom. The highest BCUT2D eigenvalue weighted by Gasteiger charge is 2.14. The zero-order valence-corrected chi connectivity index (χ0v) is 13.0. The Kier molecular flexibility index (Phi) is 8.49. The summed E-state index contributed by atoms with van der Waals surface area (Å²) < 4.78 is 5.68. The topological polar surface area (TPSA) is 26.3 Å². The Bertz CT molecular complexity index is 343. The number of unbranched alkanes of at least 4 members (excludes halogenated alkanes) is 2. The van der Waals surface area contributed by atoms with Crippen molar-refractivity contribution < 1.29 is 9.32 Å². The standard InChI is InChI=1S/C16H25O2P/c1-3-5-12-19(13-6-4-2)18-16(17)14-15-10-8-7-9-11-15/h7-11H,3-6,12-14H2,1-2H3. The van der Waals surface area contributed by atoms with Gasteiger partial charge in [-0.25, -0.2) is 0 Å². The molecule has 0 N–H and O–H groups in total. The van der Waals surface area contributed by atoms with Crippen molar-refractivity contribution in [2.45, 2.75) is 46.0 Å². The van der Waals surface area contributed by atoms with Gasteiger partial charge in [-0.3, -0.25) is 4.79 Å². The minimum Gasteiger partial charge on any atom is -0.445 e. The minimum absolute atomic E-state index is 0.0653. The van der Waals surface area contributed by atoms with Crippen LogP contribution in [0.4, 0.5) is 0 Å². The summed E-state index contributed by atoms with van der Waals surface area (Å²) in [5.74, 6) is -0.0653. The molecule has 0 fully saturated rings. The lowest BCUT2D eigenvalue weighted by atomic mass is 10.2. The molecule has 0 atom stereocenters. The summed E-state index contributed by atoms with van der Waals surface area (Å²) in [7, 11) is -0.558. The Labute approximate surface area is 118 Å². The number of rotatable bonds is 9. The van der Waals surface area contributed by atoms with Crippen LogP contribution in [-0.2, 0) is 15.7 Å². The van der Waals surface area contributed by atoms with Crippen molar-refractivity contribution >= 4 is 14.1 Å². The van der Waals surface area contributed by atoms with Crippen LogP contribution in [0.15, 0.2) is 30.3 Å². The second-order valence-electron chi connectivity index (χ2n) is 4.76. The van der Waals surface area contributed by atoms with Crippen LogP contribution in [0.3, 0.4) is 0 Å². The van der Waals surface area contributed by atoms with Crippen molar-refractivity contribution in [2.24, 2.45) is 0 Å². The van der Waals surface area contributed by atoms with Crippen molar-refractivity contribution in [3.8, 4) is 0 Å². The van der Waals surface area contributed by atoms with Crippen LogP contribution in [-0.4, -0.2) is 18.3 Å². The lowest BCUT2D eigenvalue weighted by molar-refractivity contribution is -0.132. The average molecular weight is 280 g/mol. The molecular weight excluding hydrogens is 255 g/mol. The summed E-state index contributed by atoms with van der Waals surface area (Å²) in [6, 6.07) is 9.83. The van der Waals surface area contributed by atoms with E-state index in [1.807, 2.05) is 30.3 Å². The van der Waals surface area contributed by atoms with E-state index in [-0.39, 0.29) is 5.97 Å². The van der Waals surface area contributed by atoms with E-state index >= 15 is 0 Å². The summed E-state index contributed by atoms with van der Waals surface area (Å²) in [5, 5.41) is 0. The van der Waals surface area contributed by atoms with Crippen LogP contribution in [0.5, 0.6) is 0 Å². The maximum Gasteiger partial charge on any atom is 0.312 e. The molecule has 0 aliphatic rings. The van der Waals surface area contributed by atoms with Crippen molar-refractivity contribution in [3.63, 3.8) is 0 Å². The molecule has 0 bridgehead atoms. The first-order chi connectivity index (χ1) is 9.26. The van der Waals surface area contributed by atoms with E-state index in [1.54, 1.807) is 0 Å². The molecule has 1 rings (SSSR count). The number of carbonyl (C=O) groups excluding carboxylic acids is 1. The molecule has 1 aromatic rings. The zero-order valence-electron chi connectivity index (χ0n) is 12.1. The van der Waals surface area contributed by atoms with E-state index in [0.717, 1.165) is 30.7 Å². The highest BCUT2D eigenvalue weighted by molar-refractivity contribution is 7.53. The molecule has 1 aromatic carbocycles. The maximum atomic E-state index is 11.9. The van der Waals surface area contributed by atoms with E-state index in [4.69, 9.17) is 4.52 Å². The molecule has 0 radical (unpaired) electrons. The molecule has 2 nitrogen and oxygen atoms in total. The predicted octanol–water partition coefficient (Wildman–Crippen LogP) is 4.77. The fourth-order valence-electron chi connectivity index (χ4n) is 1.81. The van der Waals surface area contributed by atoms with Gasteiger partial charge in [-0.1, -0.05) is 57.0 Å². The second kappa shape index (κ2) is 9.97. The van der Waals surface area contributed by atoms with Gasteiger partial charge in [0.1, 0.15) is 0 Å². The van der Waals surface area contributed by atoms with Crippen LogP contribution in [0, 0.1) is 0 Å². The van der Waals surface area contributed by atoms with Crippen LogP contribution >= 0.6 is 8.15 Å². The van der Waals surface area contributed by atoms with Gasteiger partial charge < -0.3 is 4.52 Å². The van der Waals surface area contributed by atoms with Crippen LogP contribution < -0.4 is 0 Å². The van der Waals surface area contributed by atoms with E-state index in [1.165, 1.54) is 12.8 Å². The van der Waals surface area contributed by atoms with Gasteiger partial charge in [0, 0.05) is 12.3 Å². The third kappa shape index (κ3) is 7.32. The molecule has 0 saturated carbocycles. The van der Waals surface area contributed by atoms with Crippen LogP contribution in [0.1, 0.15) is 45.1 Å². The average Bonchev–Trinajstić information content (AvgIpc) is 2.43. The molecule has 0 aliphatic carbocycles. The molecule has 0 saturated heterocycles. The SMILES string of the molecule is CCCCP(CCCC)OC(=O)Cc1ccccc1. The van der Waals surface area contributed by atoms with Crippen molar-refractivity contribution in [3.05, 3.63) is 35.9 Å². The van der Waals surface area contributed by atoms with Crippen molar-refractivity contribution in [2.75, 3.05) is 12.3 Å². The minimum atomic E-state index is -0.558. The normalized spacial score (nSPS) is 10.7. The molecular formula is C16H25O2P. The summed E-state index contributed by atoms with van der Waals surface area (Å²) in [5.41, 5.74) is 1.04. The molecule has 3 heteroatoms. The van der Waals surface area contributed by atoms with Gasteiger partial charge in [-0.15, -0.1) is 0 Å². The van der Waals surface area contributed by atoms with E-state index in [9.17, 15) is 4.79 Å². The molecule has 0 aromatic heterocycles. The first-order valence-electron chi connectivity index (χ1n) is 7.26. The second-order valence-corrected chi connectivity index (χ2v) is 6.80. The van der Waals surface area contributed by atoms with Gasteiger partial charge in [0.25, 0.3) is 0 Å². The lowest BCUT2D eigenvalue weighted by Gasteiger charge is -2.17.